The van der Waals surface area contributed by atoms with E-state index in [-0.39, 0.29) is 6.04 Å². The molecule has 0 radical (unpaired) electrons. The highest BCUT2D eigenvalue weighted by atomic mass is 16.5. The third-order valence-electron chi connectivity index (χ3n) is 5.47. The molecular weight excluding hydrogens is 352 g/mol. The molecule has 0 spiro atoms. The second-order valence-corrected chi connectivity index (χ2v) is 7.34. The standard InChI is InChI=1S/C22H30N4O2/c1-3-23-22(26-11-10-18-6-4-5-7-19(18)26)24-16-20(21-9-8-17(2)28-21)25-12-14-27-15-13-25/h4-9,20H,3,10-16H2,1-2H3,(H,23,24). The number of aryl methyl sites for hydroxylation is 1. The molecule has 0 saturated carbocycles. The topological polar surface area (TPSA) is 53.2 Å². The molecule has 2 aliphatic rings. The lowest BCUT2D eigenvalue weighted by molar-refractivity contribution is 0.0135. The van der Waals surface area contributed by atoms with Gasteiger partial charge in [-0.1, -0.05) is 18.2 Å². The zero-order valence-electron chi connectivity index (χ0n) is 16.9. The molecule has 150 valence electrons. The highest BCUT2D eigenvalue weighted by Crippen LogP contribution is 2.28. The van der Waals surface area contributed by atoms with Gasteiger partial charge in [0.05, 0.1) is 25.8 Å². The van der Waals surface area contributed by atoms with Gasteiger partial charge in [-0.2, -0.15) is 0 Å². The highest BCUT2D eigenvalue weighted by molar-refractivity contribution is 5.98. The number of morpholine rings is 1. The number of nitrogens with one attached hydrogen (secondary N) is 1. The maximum atomic E-state index is 5.99. The van der Waals surface area contributed by atoms with Crippen LogP contribution < -0.4 is 10.2 Å². The molecule has 0 bridgehead atoms. The Morgan fingerprint density at radius 1 is 1.14 bits per heavy atom. The molecule has 0 aliphatic carbocycles. The summed E-state index contributed by atoms with van der Waals surface area (Å²) < 4.78 is 11.5. The van der Waals surface area contributed by atoms with Gasteiger partial charge in [0.15, 0.2) is 5.96 Å². The molecule has 3 heterocycles. The van der Waals surface area contributed by atoms with Crippen molar-refractivity contribution in [3.8, 4) is 0 Å². The molecule has 6 nitrogen and oxygen atoms in total. The monoisotopic (exact) mass is 382 g/mol. The average molecular weight is 383 g/mol. The number of fused-ring (bicyclic) bond motifs is 1. The van der Waals surface area contributed by atoms with E-state index in [1.807, 2.05) is 13.0 Å². The van der Waals surface area contributed by atoms with Crippen LogP contribution in [0.3, 0.4) is 0 Å². The minimum Gasteiger partial charge on any atom is -0.465 e. The molecule has 1 saturated heterocycles. The Hall–Kier alpha value is -2.31. The summed E-state index contributed by atoms with van der Waals surface area (Å²) in [5, 5.41) is 3.48. The van der Waals surface area contributed by atoms with E-state index in [9.17, 15) is 0 Å². The summed E-state index contributed by atoms with van der Waals surface area (Å²) in [5.74, 6) is 2.88. The zero-order chi connectivity index (χ0) is 19.3. The van der Waals surface area contributed by atoms with Crippen molar-refractivity contribution in [2.75, 3.05) is 50.8 Å². The fourth-order valence-corrected chi connectivity index (χ4v) is 4.03. The van der Waals surface area contributed by atoms with Crippen LogP contribution in [0, 0.1) is 6.92 Å². The Balaban J connectivity index is 1.58. The van der Waals surface area contributed by atoms with Crippen LogP contribution in [-0.2, 0) is 11.2 Å². The normalized spacial score (nSPS) is 18.9. The predicted molar refractivity (Wildman–Crippen MR) is 112 cm³/mol. The molecule has 1 fully saturated rings. The van der Waals surface area contributed by atoms with Crippen molar-refractivity contribution in [3.05, 3.63) is 53.5 Å². The molecule has 6 heteroatoms. The second-order valence-electron chi connectivity index (χ2n) is 7.34. The molecule has 2 aromatic rings. The number of furan rings is 1. The van der Waals surface area contributed by atoms with Gasteiger partial charge in [-0.15, -0.1) is 0 Å². The average Bonchev–Trinajstić information content (AvgIpc) is 3.35. The van der Waals surface area contributed by atoms with E-state index in [0.29, 0.717) is 6.54 Å². The first-order chi connectivity index (χ1) is 13.8. The maximum absolute atomic E-state index is 5.99. The number of nitrogens with zero attached hydrogens (tertiary/aromatic N) is 3. The number of anilines is 1. The number of benzene rings is 1. The van der Waals surface area contributed by atoms with Crippen molar-refractivity contribution in [2.45, 2.75) is 26.3 Å². The van der Waals surface area contributed by atoms with Crippen molar-refractivity contribution in [1.82, 2.24) is 10.2 Å². The number of ether oxygens (including phenoxy) is 1. The summed E-state index contributed by atoms with van der Waals surface area (Å²) in [6.07, 6.45) is 1.06. The van der Waals surface area contributed by atoms with Gasteiger partial charge < -0.3 is 19.4 Å². The van der Waals surface area contributed by atoms with Gasteiger partial charge >= 0.3 is 0 Å². The predicted octanol–water partition coefficient (Wildman–Crippen LogP) is 2.99. The van der Waals surface area contributed by atoms with Gasteiger partial charge in [0.2, 0.25) is 0 Å². The lowest BCUT2D eigenvalue weighted by Gasteiger charge is -2.33. The number of rotatable bonds is 5. The third kappa shape index (κ3) is 4.08. The van der Waals surface area contributed by atoms with Gasteiger partial charge in [0, 0.05) is 31.9 Å². The van der Waals surface area contributed by atoms with Gasteiger partial charge in [-0.25, -0.2) is 0 Å². The van der Waals surface area contributed by atoms with Crippen LogP contribution in [0.15, 0.2) is 45.8 Å². The van der Waals surface area contributed by atoms with Crippen LogP contribution in [-0.4, -0.2) is 56.8 Å². The van der Waals surface area contributed by atoms with Crippen molar-refractivity contribution in [1.29, 1.82) is 0 Å². The van der Waals surface area contributed by atoms with E-state index >= 15 is 0 Å². The molecular formula is C22H30N4O2. The van der Waals surface area contributed by atoms with Crippen molar-refractivity contribution < 1.29 is 9.15 Å². The van der Waals surface area contributed by atoms with E-state index in [4.69, 9.17) is 14.1 Å². The largest absolute Gasteiger partial charge is 0.465 e. The first-order valence-corrected chi connectivity index (χ1v) is 10.3. The fourth-order valence-electron chi connectivity index (χ4n) is 4.03. The van der Waals surface area contributed by atoms with Gasteiger partial charge in [-0.05, 0) is 44.0 Å². The Bertz CT molecular complexity index is 810. The molecule has 1 N–H and O–H groups in total. The van der Waals surface area contributed by atoms with Crippen LogP contribution in [0.5, 0.6) is 0 Å². The van der Waals surface area contributed by atoms with Gasteiger partial charge in [0.25, 0.3) is 0 Å². The molecule has 4 rings (SSSR count). The van der Waals surface area contributed by atoms with E-state index < -0.39 is 0 Å². The molecule has 28 heavy (non-hydrogen) atoms. The smallest absolute Gasteiger partial charge is 0.198 e. The Labute approximate surface area is 167 Å². The summed E-state index contributed by atoms with van der Waals surface area (Å²) in [6, 6.07) is 12.9. The Morgan fingerprint density at radius 2 is 1.96 bits per heavy atom. The van der Waals surface area contributed by atoms with Crippen LogP contribution in [0.1, 0.15) is 30.0 Å². The van der Waals surface area contributed by atoms with Crippen molar-refractivity contribution in [2.24, 2.45) is 4.99 Å². The number of guanidine groups is 1. The number of aliphatic imine (C=N–C) groups is 1. The Morgan fingerprint density at radius 3 is 2.71 bits per heavy atom. The summed E-state index contributed by atoms with van der Waals surface area (Å²) in [6.45, 7) is 9.92. The lowest BCUT2D eigenvalue weighted by Crippen LogP contribution is -2.43. The number of hydrogen-bond donors (Lipinski definition) is 1. The quantitative estimate of drug-likeness (QED) is 0.636. The van der Waals surface area contributed by atoms with Gasteiger partial charge in [-0.3, -0.25) is 9.89 Å². The molecule has 0 amide bonds. The summed E-state index contributed by atoms with van der Waals surface area (Å²) in [7, 11) is 0. The van der Waals surface area contributed by atoms with Crippen LogP contribution >= 0.6 is 0 Å². The number of hydrogen-bond acceptors (Lipinski definition) is 4. The highest BCUT2D eigenvalue weighted by Gasteiger charge is 2.27. The molecule has 1 atom stereocenters. The number of para-hydroxylation sites is 1. The molecule has 1 unspecified atom stereocenters. The summed E-state index contributed by atoms with van der Waals surface area (Å²) in [5.41, 5.74) is 2.65. The summed E-state index contributed by atoms with van der Waals surface area (Å²) >= 11 is 0. The zero-order valence-corrected chi connectivity index (χ0v) is 16.9. The van der Waals surface area contributed by atoms with Crippen molar-refractivity contribution in [3.63, 3.8) is 0 Å². The lowest BCUT2D eigenvalue weighted by atomic mass is 10.1. The van der Waals surface area contributed by atoms with E-state index in [1.54, 1.807) is 0 Å². The minimum atomic E-state index is 0.129. The molecule has 1 aromatic heterocycles. The van der Waals surface area contributed by atoms with Crippen LogP contribution in [0.2, 0.25) is 0 Å². The minimum absolute atomic E-state index is 0.129. The van der Waals surface area contributed by atoms with Gasteiger partial charge in [0.1, 0.15) is 11.5 Å². The second kappa shape index (κ2) is 8.80. The third-order valence-corrected chi connectivity index (χ3v) is 5.47. The maximum Gasteiger partial charge on any atom is 0.198 e. The first-order valence-electron chi connectivity index (χ1n) is 10.3. The summed E-state index contributed by atoms with van der Waals surface area (Å²) in [4.78, 5) is 9.78. The Kier molecular flexibility index (Phi) is 5.98. The van der Waals surface area contributed by atoms with Crippen LogP contribution in [0.25, 0.3) is 0 Å². The van der Waals surface area contributed by atoms with Crippen LogP contribution in [0.4, 0.5) is 5.69 Å². The SMILES string of the molecule is CCNC(=NCC(c1ccc(C)o1)N1CCOCC1)N1CCc2ccccc21. The first kappa shape index (κ1) is 19.0. The molecule has 1 aromatic carbocycles. The van der Waals surface area contributed by atoms with Crippen molar-refractivity contribution >= 4 is 11.6 Å². The molecule has 2 aliphatic heterocycles. The fraction of sp³-hybridized carbons (Fsp3) is 0.500. The van der Waals surface area contributed by atoms with E-state index in [0.717, 1.165) is 63.3 Å². The van der Waals surface area contributed by atoms with E-state index in [1.165, 1.54) is 11.3 Å². The van der Waals surface area contributed by atoms with E-state index in [2.05, 4.69) is 52.4 Å².